The zero-order valence-electron chi connectivity index (χ0n) is 23.4. The second kappa shape index (κ2) is 14.0. The van der Waals surface area contributed by atoms with Gasteiger partial charge in [-0.05, 0) is 52.9 Å². The van der Waals surface area contributed by atoms with Crippen LogP contribution in [0.5, 0.6) is 17.2 Å². The number of benzene rings is 4. The SMILES string of the molecule is COc1ccc(C(Cc2ccccc2)NCC(O)c2ccc(OCc3ccccc3)c(NS(C)(=O)=O)c2)cc1OC. The van der Waals surface area contributed by atoms with Gasteiger partial charge in [0.2, 0.25) is 10.0 Å². The van der Waals surface area contributed by atoms with Crippen molar-refractivity contribution in [1.82, 2.24) is 5.32 Å². The number of rotatable bonds is 14. The average molecular weight is 577 g/mol. The van der Waals surface area contributed by atoms with Gasteiger partial charge in [-0.1, -0.05) is 72.8 Å². The van der Waals surface area contributed by atoms with Gasteiger partial charge in [0.05, 0.1) is 32.3 Å². The number of ether oxygens (including phenoxy) is 3. The fraction of sp³-hybridized carbons (Fsp3) is 0.250. The first-order valence-electron chi connectivity index (χ1n) is 13.2. The van der Waals surface area contributed by atoms with Crippen LogP contribution in [0.1, 0.15) is 34.4 Å². The van der Waals surface area contributed by atoms with Crippen molar-refractivity contribution in [1.29, 1.82) is 0 Å². The van der Waals surface area contributed by atoms with Crippen molar-refractivity contribution >= 4 is 15.7 Å². The van der Waals surface area contributed by atoms with E-state index in [0.717, 1.165) is 22.9 Å². The summed E-state index contributed by atoms with van der Waals surface area (Å²) in [6.07, 6.45) is 0.836. The second-order valence-corrected chi connectivity index (χ2v) is 11.4. The molecular weight excluding hydrogens is 540 g/mol. The average Bonchev–Trinajstić information content (AvgIpc) is 2.98. The summed E-state index contributed by atoms with van der Waals surface area (Å²) in [4.78, 5) is 0. The molecule has 0 spiro atoms. The van der Waals surface area contributed by atoms with Gasteiger partial charge in [-0.2, -0.15) is 0 Å². The number of aliphatic hydroxyl groups excluding tert-OH is 1. The fourth-order valence-electron chi connectivity index (χ4n) is 4.49. The molecule has 9 heteroatoms. The third-order valence-electron chi connectivity index (χ3n) is 6.57. The van der Waals surface area contributed by atoms with Gasteiger partial charge in [0, 0.05) is 12.6 Å². The molecule has 0 aliphatic carbocycles. The van der Waals surface area contributed by atoms with Crippen LogP contribution in [-0.4, -0.2) is 40.5 Å². The van der Waals surface area contributed by atoms with E-state index in [0.29, 0.717) is 29.2 Å². The van der Waals surface area contributed by atoms with E-state index in [1.807, 2.05) is 66.7 Å². The van der Waals surface area contributed by atoms with Gasteiger partial charge in [-0.15, -0.1) is 0 Å². The third kappa shape index (κ3) is 8.72. The number of anilines is 1. The molecule has 0 fully saturated rings. The molecule has 0 saturated heterocycles. The summed E-state index contributed by atoms with van der Waals surface area (Å²) >= 11 is 0. The van der Waals surface area contributed by atoms with Crippen LogP contribution in [-0.2, 0) is 23.1 Å². The third-order valence-corrected chi connectivity index (χ3v) is 7.16. The standard InChI is InChI=1S/C32H36N2O6S/c1-38-31-17-14-25(20-32(31)39-2)27(18-23-10-6-4-7-11-23)33-21-29(35)26-15-16-30(28(19-26)34-41(3,36)37)40-22-24-12-8-5-9-13-24/h4-17,19-20,27,29,33-35H,18,21-22H2,1-3H3. The van der Waals surface area contributed by atoms with E-state index in [4.69, 9.17) is 14.2 Å². The maximum Gasteiger partial charge on any atom is 0.229 e. The molecule has 41 heavy (non-hydrogen) atoms. The normalized spacial score (nSPS) is 12.8. The highest BCUT2D eigenvalue weighted by Crippen LogP contribution is 2.33. The minimum atomic E-state index is -3.58. The van der Waals surface area contributed by atoms with Crippen molar-refractivity contribution in [3.05, 3.63) is 119 Å². The minimum Gasteiger partial charge on any atom is -0.493 e. The number of hydrogen-bond acceptors (Lipinski definition) is 7. The summed E-state index contributed by atoms with van der Waals surface area (Å²) in [5.41, 5.74) is 3.87. The predicted molar refractivity (Wildman–Crippen MR) is 161 cm³/mol. The minimum absolute atomic E-state index is 0.144. The predicted octanol–water partition coefficient (Wildman–Crippen LogP) is 5.26. The van der Waals surface area contributed by atoms with Gasteiger partial charge >= 0.3 is 0 Å². The Hall–Kier alpha value is -4.05. The Kier molecular flexibility index (Phi) is 10.2. The maximum absolute atomic E-state index is 12.1. The molecule has 0 saturated carbocycles. The topological polar surface area (TPSA) is 106 Å². The summed E-state index contributed by atoms with van der Waals surface area (Å²) in [5, 5.41) is 14.6. The van der Waals surface area contributed by atoms with E-state index in [1.54, 1.807) is 32.4 Å². The zero-order valence-corrected chi connectivity index (χ0v) is 24.2. The van der Waals surface area contributed by atoms with Gasteiger partial charge in [0.1, 0.15) is 12.4 Å². The van der Waals surface area contributed by atoms with E-state index in [2.05, 4.69) is 22.2 Å². The molecule has 2 unspecified atom stereocenters. The Bertz CT molecular complexity index is 1510. The van der Waals surface area contributed by atoms with E-state index in [-0.39, 0.29) is 24.9 Å². The molecule has 0 aliphatic heterocycles. The smallest absolute Gasteiger partial charge is 0.229 e. The van der Waals surface area contributed by atoms with Gasteiger partial charge in [0.25, 0.3) is 0 Å². The molecule has 3 N–H and O–H groups in total. The lowest BCUT2D eigenvalue weighted by Gasteiger charge is -2.23. The molecular formula is C32H36N2O6S. The number of hydrogen-bond donors (Lipinski definition) is 3. The van der Waals surface area contributed by atoms with Crippen molar-refractivity contribution in [2.45, 2.75) is 25.2 Å². The van der Waals surface area contributed by atoms with Crippen molar-refractivity contribution in [2.24, 2.45) is 0 Å². The Morgan fingerprint density at radius 1 is 0.756 bits per heavy atom. The van der Waals surface area contributed by atoms with Crippen LogP contribution in [0, 0.1) is 0 Å². The quantitative estimate of drug-likeness (QED) is 0.188. The van der Waals surface area contributed by atoms with Crippen molar-refractivity contribution in [2.75, 3.05) is 31.7 Å². The molecule has 0 aromatic heterocycles. The van der Waals surface area contributed by atoms with Crippen molar-refractivity contribution < 1.29 is 27.7 Å². The number of aliphatic hydroxyl groups is 1. The highest BCUT2D eigenvalue weighted by Gasteiger charge is 2.19. The van der Waals surface area contributed by atoms with Crippen molar-refractivity contribution in [3.8, 4) is 17.2 Å². The second-order valence-electron chi connectivity index (χ2n) is 9.68. The van der Waals surface area contributed by atoms with Crippen LogP contribution in [0.15, 0.2) is 97.1 Å². The monoisotopic (exact) mass is 576 g/mol. The molecule has 0 aliphatic rings. The van der Waals surface area contributed by atoms with E-state index in [1.165, 1.54) is 0 Å². The number of nitrogens with one attached hydrogen (secondary N) is 2. The highest BCUT2D eigenvalue weighted by atomic mass is 32.2. The van der Waals surface area contributed by atoms with Crippen LogP contribution in [0.3, 0.4) is 0 Å². The van der Waals surface area contributed by atoms with Crippen LogP contribution < -0.4 is 24.2 Å². The summed E-state index contributed by atoms with van der Waals surface area (Å²) in [7, 11) is -0.390. The van der Waals surface area contributed by atoms with Crippen molar-refractivity contribution in [3.63, 3.8) is 0 Å². The van der Waals surface area contributed by atoms with E-state index < -0.39 is 16.1 Å². The Labute approximate surface area is 242 Å². The first-order chi connectivity index (χ1) is 19.8. The van der Waals surface area contributed by atoms with E-state index >= 15 is 0 Å². The molecule has 0 radical (unpaired) electrons. The first kappa shape index (κ1) is 29.9. The first-order valence-corrected chi connectivity index (χ1v) is 15.1. The lowest BCUT2D eigenvalue weighted by atomic mass is 9.97. The van der Waals surface area contributed by atoms with E-state index in [9.17, 15) is 13.5 Å². The maximum atomic E-state index is 12.1. The molecule has 216 valence electrons. The largest absolute Gasteiger partial charge is 0.493 e. The molecule has 4 aromatic carbocycles. The lowest BCUT2D eigenvalue weighted by Crippen LogP contribution is -2.28. The molecule has 4 aromatic rings. The lowest BCUT2D eigenvalue weighted by molar-refractivity contribution is 0.169. The molecule has 0 amide bonds. The molecule has 4 rings (SSSR count). The number of sulfonamides is 1. The molecule has 0 bridgehead atoms. The molecule has 0 heterocycles. The van der Waals surface area contributed by atoms with Gasteiger partial charge in [-0.3, -0.25) is 4.72 Å². The molecule has 8 nitrogen and oxygen atoms in total. The number of methoxy groups -OCH3 is 2. The summed E-state index contributed by atoms with van der Waals surface area (Å²) in [5.74, 6) is 1.62. The van der Waals surface area contributed by atoms with Crippen LogP contribution >= 0.6 is 0 Å². The summed E-state index contributed by atoms with van der Waals surface area (Å²) in [6, 6.07) is 30.3. The fourth-order valence-corrected chi connectivity index (χ4v) is 5.05. The Balaban J connectivity index is 1.54. The van der Waals surface area contributed by atoms with Crippen LogP contribution in [0.25, 0.3) is 0 Å². The Morgan fingerprint density at radius 2 is 1.37 bits per heavy atom. The van der Waals surface area contributed by atoms with Crippen LogP contribution in [0.4, 0.5) is 5.69 Å². The summed E-state index contributed by atoms with van der Waals surface area (Å²) < 4.78 is 43.5. The summed E-state index contributed by atoms with van der Waals surface area (Å²) in [6.45, 7) is 0.490. The zero-order chi connectivity index (χ0) is 29.2. The van der Waals surface area contributed by atoms with Gasteiger partial charge in [0.15, 0.2) is 11.5 Å². The highest BCUT2D eigenvalue weighted by molar-refractivity contribution is 7.92. The van der Waals surface area contributed by atoms with Gasteiger partial charge in [-0.25, -0.2) is 8.42 Å². The molecule has 2 atom stereocenters. The van der Waals surface area contributed by atoms with Gasteiger partial charge < -0.3 is 24.6 Å². The Morgan fingerprint density at radius 3 is 2.00 bits per heavy atom. The van der Waals surface area contributed by atoms with Crippen LogP contribution in [0.2, 0.25) is 0 Å².